The summed E-state index contributed by atoms with van der Waals surface area (Å²) in [5, 5.41) is 10.9. The van der Waals surface area contributed by atoms with Gasteiger partial charge in [0.05, 0.1) is 15.0 Å². The second kappa shape index (κ2) is 5.96. The van der Waals surface area contributed by atoms with Crippen molar-refractivity contribution in [1.29, 1.82) is 0 Å². The summed E-state index contributed by atoms with van der Waals surface area (Å²) in [5.74, 6) is -1.95. The number of nitro benzene ring substituents is 1. The molecule has 0 saturated heterocycles. The number of rotatable bonds is 4. The van der Waals surface area contributed by atoms with Crippen LogP contribution >= 0.6 is 15.9 Å². The molecule has 0 aromatic heterocycles. The summed E-state index contributed by atoms with van der Waals surface area (Å²) in [6, 6.07) is 4.80. The molecule has 0 N–H and O–H groups in total. The van der Waals surface area contributed by atoms with Crippen LogP contribution in [0.25, 0.3) is 0 Å². The number of halogens is 3. The summed E-state index contributed by atoms with van der Waals surface area (Å²) in [6.07, 6.45) is 0.333. The van der Waals surface area contributed by atoms with Crippen LogP contribution < -0.4 is 4.74 Å². The highest BCUT2D eigenvalue weighted by molar-refractivity contribution is 9.10. The van der Waals surface area contributed by atoms with Crippen LogP contribution in [0.5, 0.6) is 11.5 Å². The Morgan fingerprint density at radius 2 is 1.90 bits per heavy atom. The zero-order valence-corrected chi connectivity index (χ0v) is 11.8. The van der Waals surface area contributed by atoms with Crippen molar-refractivity contribution in [3.8, 4) is 11.5 Å². The third-order valence-corrected chi connectivity index (χ3v) is 3.12. The number of hydrogen-bond acceptors (Lipinski definition) is 4. The van der Waals surface area contributed by atoms with Gasteiger partial charge in [0.2, 0.25) is 5.75 Å². The Kier molecular flexibility index (Phi) is 4.27. The predicted octanol–water partition coefficient (Wildman–Crippen LogP) is 4.24. The first kappa shape index (κ1) is 15.0. The van der Waals surface area contributed by atoms with E-state index in [1.165, 1.54) is 0 Å². The van der Waals surface area contributed by atoms with Crippen LogP contribution in [0.15, 0.2) is 34.8 Å². The molecule has 0 heterocycles. The topological polar surface area (TPSA) is 69.4 Å². The van der Waals surface area contributed by atoms with E-state index in [1.54, 1.807) is 0 Å². The SMILES string of the molecule is O=Cc1cc(F)ccc1Oc1cc(F)c(Br)cc1[N+](=O)[O-]. The van der Waals surface area contributed by atoms with E-state index in [2.05, 4.69) is 15.9 Å². The minimum absolute atomic E-state index is 0.101. The Morgan fingerprint density at radius 1 is 1.19 bits per heavy atom. The standard InChI is InChI=1S/C13H6BrF2NO4/c14-9-4-11(17(19)20)13(5-10(9)16)21-12-2-1-8(15)3-7(12)6-18/h1-6H. The highest BCUT2D eigenvalue weighted by Gasteiger charge is 2.20. The highest BCUT2D eigenvalue weighted by atomic mass is 79.9. The lowest BCUT2D eigenvalue weighted by molar-refractivity contribution is -0.385. The van der Waals surface area contributed by atoms with Crippen molar-refractivity contribution >= 4 is 27.9 Å². The number of carbonyl (C=O) groups is 1. The molecule has 0 amide bonds. The van der Waals surface area contributed by atoms with Gasteiger partial charge in [0.25, 0.3) is 0 Å². The number of aldehydes is 1. The van der Waals surface area contributed by atoms with Crippen LogP contribution in [0, 0.1) is 21.7 Å². The van der Waals surface area contributed by atoms with Crippen molar-refractivity contribution in [3.05, 3.63) is 62.1 Å². The Balaban J connectivity index is 2.51. The monoisotopic (exact) mass is 357 g/mol. The molecule has 5 nitrogen and oxygen atoms in total. The first-order valence-electron chi connectivity index (χ1n) is 5.48. The molecule has 0 atom stereocenters. The molecule has 0 aliphatic carbocycles. The van der Waals surface area contributed by atoms with Gasteiger partial charge in [-0.25, -0.2) is 8.78 Å². The number of ether oxygens (including phenoxy) is 1. The average Bonchev–Trinajstić information content (AvgIpc) is 2.44. The fraction of sp³-hybridized carbons (Fsp3) is 0. The van der Waals surface area contributed by atoms with E-state index in [4.69, 9.17) is 4.74 Å². The zero-order chi connectivity index (χ0) is 15.6. The molecule has 2 rings (SSSR count). The smallest absolute Gasteiger partial charge is 0.312 e. The van der Waals surface area contributed by atoms with Gasteiger partial charge >= 0.3 is 5.69 Å². The molecule has 0 unspecified atom stereocenters. The highest BCUT2D eigenvalue weighted by Crippen LogP contribution is 2.36. The van der Waals surface area contributed by atoms with E-state index in [-0.39, 0.29) is 15.8 Å². The quantitative estimate of drug-likeness (QED) is 0.466. The Hall–Kier alpha value is -2.35. The first-order chi connectivity index (χ1) is 9.92. The van der Waals surface area contributed by atoms with Crippen molar-refractivity contribution in [3.63, 3.8) is 0 Å². The molecule has 0 spiro atoms. The van der Waals surface area contributed by atoms with Gasteiger partial charge in [-0.15, -0.1) is 0 Å². The van der Waals surface area contributed by atoms with Crippen molar-refractivity contribution in [2.24, 2.45) is 0 Å². The van der Waals surface area contributed by atoms with Gasteiger partial charge in [-0.05, 0) is 34.1 Å². The van der Waals surface area contributed by atoms with E-state index in [0.29, 0.717) is 6.29 Å². The number of hydrogen-bond donors (Lipinski definition) is 0. The summed E-state index contributed by atoms with van der Waals surface area (Å²) >= 11 is 2.83. The zero-order valence-electron chi connectivity index (χ0n) is 10.2. The normalized spacial score (nSPS) is 10.2. The molecule has 8 heteroatoms. The van der Waals surface area contributed by atoms with E-state index >= 15 is 0 Å². The lowest BCUT2D eigenvalue weighted by Gasteiger charge is -2.09. The van der Waals surface area contributed by atoms with E-state index in [1.807, 2.05) is 0 Å². The van der Waals surface area contributed by atoms with Crippen LogP contribution in [0.1, 0.15) is 10.4 Å². The second-order valence-electron chi connectivity index (χ2n) is 3.89. The molecule has 2 aromatic rings. The van der Waals surface area contributed by atoms with Gasteiger partial charge in [-0.1, -0.05) is 0 Å². The van der Waals surface area contributed by atoms with E-state index in [0.717, 1.165) is 30.3 Å². The Bertz CT molecular complexity index is 736. The van der Waals surface area contributed by atoms with Gasteiger partial charge in [0, 0.05) is 12.1 Å². The molecular formula is C13H6BrF2NO4. The summed E-state index contributed by atoms with van der Waals surface area (Å²) < 4.78 is 31.6. The van der Waals surface area contributed by atoms with Gasteiger partial charge in [-0.3, -0.25) is 14.9 Å². The maximum atomic E-state index is 13.5. The summed E-state index contributed by atoms with van der Waals surface area (Å²) in [6.45, 7) is 0. The summed E-state index contributed by atoms with van der Waals surface area (Å²) in [4.78, 5) is 21.0. The van der Waals surface area contributed by atoms with E-state index in [9.17, 15) is 23.7 Å². The molecule has 108 valence electrons. The number of carbonyl (C=O) groups excluding carboxylic acids is 1. The number of nitro groups is 1. The number of benzene rings is 2. The molecule has 0 radical (unpaired) electrons. The van der Waals surface area contributed by atoms with Crippen LogP contribution in [-0.2, 0) is 0 Å². The Morgan fingerprint density at radius 3 is 2.52 bits per heavy atom. The van der Waals surface area contributed by atoms with Crippen molar-refractivity contribution in [1.82, 2.24) is 0 Å². The van der Waals surface area contributed by atoms with Crippen LogP contribution in [0.3, 0.4) is 0 Å². The predicted molar refractivity (Wildman–Crippen MR) is 72.6 cm³/mol. The maximum Gasteiger partial charge on any atom is 0.312 e. The third-order valence-electron chi connectivity index (χ3n) is 2.52. The minimum Gasteiger partial charge on any atom is -0.449 e. The fourth-order valence-electron chi connectivity index (χ4n) is 1.57. The lowest BCUT2D eigenvalue weighted by Crippen LogP contribution is -1.97. The molecular weight excluding hydrogens is 352 g/mol. The van der Waals surface area contributed by atoms with Crippen LogP contribution in [0.4, 0.5) is 14.5 Å². The second-order valence-corrected chi connectivity index (χ2v) is 4.75. The maximum absolute atomic E-state index is 13.5. The van der Waals surface area contributed by atoms with Crippen LogP contribution in [0.2, 0.25) is 0 Å². The van der Waals surface area contributed by atoms with Crippen molar-refractivity contribution < 1.29 is 23.2 Å². The van der Waals surface area contributed by atoms with Gasteiger partial charge in [-0.2, -0.15) is 0 Å². The summed E-state index contributed by atoms with van der Waals surface area (Å²) in [7, 11) is 0. The van der Waals surface area contributed by atoms with Gasteiger partial charge in [0.1, 0.15) is 17.4 Å². The molecule has 0 fully saturated rings. The van der Waals surface area contributed by atoms with Crippen molar-refractivity contribution in [2.45, 2.75) is 0 Å². The minimum atomic E-state index is -0.773. The molecule has 2 aromatic carbocycles. The Labute approximate surface area is 125 Å². The first-order valence-corrected chi connectivity index (χ1v) is 6.27. The molecule has 0 aliphatic rings. The average molecular weight is 358 g/mol. The molecule has 21 heavy (non-hydrogen) atoms. The van der Waals surface area contributed by atoms with Gasteiger partial charge in [0.15, 0.2) is 6.29 Å². The molecule has 0 saturated carbocycles. The summed E-state index contributed by atoms with van der Waals surface area (Å²) in [5.41, 5.74) is -0.642. The number of nitrogens with zero attached hydrogens (tertiary/aromatic N) is 1. The van der Waals surface area contributed by atoms with Crippen molar-refractivity contribution in [2.75, 3.05) is 0 Å². The molecule has 0 aliphatic heterocycles. The van der Waals surface area contributed by atoms with Gasteiger partial charge < -0.3 is 4.74 Å². The van der Waals surface area contributed by atoms with E-state index < -0.39 is 28.0 Å². The largest absolute Gasteiger partial charge is 0.449 e. The third kappa shape index (κ3) is 3.22. The fourth-order valence-corrected chi connectivity index (χ4v) is 1.90. The lowest BCUT2D eigenvalue weighted by atomic mass is 10.2. The molecule has 0 bridgehead atoms. The van der Waals surface area contributed by atoms with Crippen LogP contribution in [-0.4, -0.2) is 11.2 Å².